The quantitative estimate of drug-likeness (QED) is 0.512. The van der Waals surface area contributed by atoms with Gasteiger partial charge in [0.05, 0.1) is 18.2 Å². The Morgan fingerprint density at radius 3 is 2.61 bits per heavy atom. The number of methoxy groups -OCH3 is 1. The van der Waals surface area contributed by atoms with Crippen molar-refractivity contribution in [1.29, 1.82) is 0 Å². The Kier molecular flexibility index (Phi) is 8.66. The molecule has 1 aliphatic rings. The molecule has 0 fully saturated rings. The number of ether oxygens (including phenoxy) is 1. The predicted molar refractivity (Wildman–Crippen MR) is 119 cm³/mol. The number of carbonyl (C=O) groups is 3. The van der Waals surface area contributed by atoms with Crippen molar-refractivity contribution in [3.63, 3.8) is 0 Å². The largest absolute Gasteiger partial charge is 0.468 e. The third-order valence-corrected chi connectivity index (χ3v) is 5.72. The molecule has 0 radical (unpaired) electrons. The van der Waals surface area contributed by atoms with E-state index in [4.69, 9.17) is 5.73 Å². The van der Waals surface area contributed by atoms with Crippen LogP contribution < -0.4 is 21.9 Å². The van der Waals surface area contributed by atoms with Gasteiger partial charge in [0, 0.05) is 5.75 Å². The van der Waals surface area contributed by atoms with Gasteiger partial charge in [0.15, 0.2) is 0 Å². The molecule has 0 saturated heterocycles. The van der Waals surface area contributed by atoms with Crippen molar-refractivity contribution in [2.45, 2.75) is 23.5 Å². The molecule has 31 heavy (non-hydrogen) atoms. The highest BCUT2D eigenvalue weighted by Crippen LogP contribution is 2.32. The minimum Gasteiger partial charge on any atom is -0.468 e. The highest BCUT2D eigenvalue weighted by molar-refractivity contribution is 7.99. The topological polar surface area (TPSA) is 133 Å². The number of halogens is 1. The highest BCUT2D eigenvalue weighted by Gasteiger charge is 2.31. The normalized spacial score (nSPS) is 15.2. The number of benzene rings is 1. The molecule has 0 saturated carbocycles. The van der Waals surface area contributed by atoms with Gasteiger partial charge in [-0.3, -0.25) is 23.7 Å². The number of esters is 1. The van der Waals surface area contributed by atoms with E-state index >= 15 is 0 Å². The van der Waals surface area contributed by atoms with Gasteiger partial charge < -0.3 is 21.1 Å². The molecular weight excluding hydrogens is 444 g/mol. The van der Waals surface area contributed by atoms with Gasteiger partial charge in [0.1, 0.15) is 18.3 Å². The van der Waals surface area contributed by atoms with Crippen LogP contribution in [0.5, 0.6) is 0 Å². The van der Waals surface area contributed by atoms with Gasteiger partial charge in [-0.05, 0) is 24.1 Å². The first-order valence-electron chi connectivity index (χ1n) is 9.24. The zero-order valence-electron chi connectivity index (χ0n) is 16.7. The molecule has 3 rings (SSSR count). The number of nitrogens with zero attached hydrogens (tertiary/aromatic N) is 1. The maximum atomic E-state index is 12.9. The minimum atomic E-state index is -0.835. The standard InChI is InChI=1S/C20H22N4O5S.ClH/c1-29-17(25)10-22-19(27)15-11-30-16-8-7-14(20(28)24(15)16)23-18(26)13(21)9-12-5-3-2-4-6-12;/h2-8,13,15H,9-11,21H2,1H3,(H,22,27)(H,23,26);1H/t13-,15-;/m0./s1. The van der Waals surface area contributed by atoms with Crippen LogP contribution in [-0.4, -0.2) is 47.8 Å². The number of anilines is 1. The summed E-state index contributed by atoms with van der Waals surface area (Å²) in [6.45, 7) is -0.286. The molecule has 9 nitrogen and oxygen atoms in total. The number of thioether (sulfide) groups is 1. The molecule has 2 heterocycles. The van der Waals surface area contributed by atoms with Crippen LogP contribution in [0.3, 0.4) is 0 Å². The number of pyridine rings is 1. The summed E-state index contributed by atoms with van der Waals surface area (Å²) >= 11 is 1.34. The van der Waals surface area contributed by atoms with E-state index in [1.165, 1.54) is 29.5 Å². The van der Waals surface area contributed by atoms with Crippen molar-refractivity contribution in [1.82, 2.24) is 9.88 Å². The van der Waals surface area contributed by atoms with Crippen LogP contribution in [0, 0.1) is 0 Å². The van der Waals surface area contributed by atoms with Crippen LogP contribution in [-0.2, 0) is 25.5 Å². The number of aromatic nitrogens is 1. The Bertz CT molecular complexity index is 1010. The number of hydrogen-bond acceptors (Lipinski definition) is 7. The minimum absolute atomic E-state index is 0. The SMILES string of the molecule is COC(=O)CNC(=O)[C@@H]1CSc2ccc(NC(=O)[C@@H](N)Cc3ccccc3)c(=O)n21.Cl. The van der Waals surface area contributed by atoms with Crippen LogP contribution in [0.4, 0.5) is 5.69 Å². The molecule has 0 spiro atoms. The molecule has 0 unspecified atom stereocenters. The second-order valence-corrected chi connectivity index (χ2v) is 7.71. The van der Waals surface area contributed by atoms with Gasteiger partial charge in [-0.2, -0.15) is 0 Å². The Morgan fingerprint density at radius 2 is 1.94 bits per heavy atom. The molecule has 1 aliphatic heterocycles. The van der Waals surface area contributed by atoms with Crippen molar-refractivity contribution in [3.8, 4) is 0 Å². The summed E-state index contributed by atoms with van der Waals surface area (Å²) in [5.41, 5.74) is 6.43. The van der Waals surface area contributed by atoms with E-state index in [-0.39, 0.29) is 24.6 Å². The van der Waals surface area contributed by atoms with E-state index in [0.717, 1.165) is 5.56 Å². The lowest BCUT2D eigenvalue weighted by molar-refractivity contribution is -0.141. The number of nitrogens with one attached hydrogen (secondary N) is 2. The Labute approximate surface area is 189 Å². The average Bonchev–Trinajstić information content (AvgIpc) is 3.19. The van der Waals surface area contributed by atoms with E-state index in [0.29, 0.717) is 17.2 Å². The molecule has 0 aliphatic carbocycles. The maximum Gasteiger partial charge on any atom is 0.325 e. The molecule has 0 bridgehead atoms. The first-order valence-corrected chi connectivity index (χ1v) is 10.2. The fourth-order valence-electron chi connectivity index (χ4n) is 3.01. The molecule has 4 N–H and O–H groups in total. The monoisotopic (exact) mass is 466 g/mol. The molecule has 2 aromatic rings. The summed E-state index contributed by atoms with van der Waals surface area (Å²) in [5.74, 6) is -1.21. The smallest absolute Gasteiger partial charge is 0.325 e. The molecular formula is C20H23ClN4O5S. The molecule has 11 heteroatoms. The first-order chi connectivity index (χ1) is 14.4. The highest BCUT2D eigenvalue weighted by atomic mass is 35.5. The van der Waals surface area contributed by atoms with E-state index in [1.54, 1.807) is 6.07 Å². The third-order valence-electron chi connectivity index (χ3n) is 4.61. The zero-order chi connectivity index (χ0) is 21.7. The fourth-order valence-corrected chi connectivity index (χ4v) is 4.15. The molecule has 2 amide bonds. The van der Waals surface area contributed by atoms with Gasteiger partial charge in [-0.1, -0.05) is 30.3 Å². The fraction of sp³-hybridized carbons (Fsp3) is 0.300. The number of hydrogen-bond donors (Lipinski definition) is 3. The lowest BCUT2D eigenvalue weighted by atomic mass is 10.1. The predicted octanol–water partition coefficient (Wildman–Crippen LogP) is 0.715. The second-order valence-electron chi connectivity index (χ2n) is 6.67. The molecule has 2 atom stereocenters. The number of amides is 2. The Hall–Kier alpha value is -2.82. The summed E-state index contributed by atoms with van der Waals surface area (Å²) in [7, 11) is 1.22. The summed E-state index contributed by atoms with van der Waals surface area (Å²) in [6.07, 6.45) is 0.327. The van der Waals surface area contributed by atoms with Crippen LogP contribution in [0.25, 0.3) is 0 Å². The molecule has 1 aromatic carbocycles. The van der Waals surface area contributed by atoms with Crippen LogP contribution >= 0.6 is 24.2 Å². The average molecular weight is 467 g/mol. The summed E-state index contributed by atoms with van der Waals surface area (Å²) in [6, 6.07) is 10.9. The number of carbonyl (C=O) groups excluding carboxylic acids is 3. The van der Waals surface area contributed by atoms with E-state index in [1.807, 2.05) is 30.3 Å². The van der Waals surface area contributed by atoms with Crippen molar-refractivity contribution in [3.05, 3.63) is 58.4 Å². The van der Waals surface area contributed by atoms with E-state index in [9.17, 15) is 19.2 Å². The Morgan fingerprint density at radius 1 is 1.23 bits per heavy atom. The molecule has 1 aromatic heterocycles. The van der Waals surface area contributed by atoms with Gasteiger partial charge in [0.25, 0.3) is 5.56 Å². The first kappa shape index (κ1) is 24.4. The van der Waals surface area contributed by atoms with Gasteiger partial charge in [0.2, 0.25) is 11.8 Å². The maximum absolute atomic E-state index is 12.9. The second kappa shape index (κ2) is 11.0. The van der Waals surface area contributed by atoms with Gasteiger partial charge in [-0.25, -0.2) is 0 Å². The van der Waals surface area contributed by atoms with Gasteiger partial charge >= 0.3 is 5.97 Å². The number of rotatable bonds is 7. The van der Waals surface area contributed by atoms with E-state index in [2.05, 4.69) is 15.4 Å². The number of nitrogens with two attached hydrogens (primary N) is 1. The van der Waals surface area contributed by atoms with Crippen molar-refractivity contribution >= 4 is 47.6 Å². The lowest BCUT2D eigenvalue weighted by Gasteiger charge is -2.16. The van der Waals surface area contributed by atoms with Crippen LogP contribution in [0.1, 0.15) is 11.6 Å². The third kappa shape index (κ3) is 5.87. The molecule has 166 valence electrons. The van der Waals surface area contributed by atoms with Crippen molar-refractivity contribution < 1.29 is 19.1 Å². The zero-order valence-corrected chi connectivity index (χ0v) is 18.3. The lowest BCUT2D eigenvalue weighted by Crippen LogP contribution is -2.41. The van der Waals surface area contributed by atoms with Crippen molar-refractivity contribution in [2.75, 3.05) is 24.7 Å². The van der Waals surface area contributed by atoms with Gasteiger partial charge in [-0.15, -0.1) is 24.2 Å². The summed E-state index contributed by atoms with van der Waals surface area (Å²) in [5, 5.41) is 5.62. The number of fused-ring (bicyclic) bond motifs is 1. The van der Waals surface area contributed by atoms with Crippen LogP contribution in [0.15, 0.2) is 52.3 Å². The summed E-state index contributed by atoms with van der Waals surface area (Å²) in [4.78, 5) is 49.1. The van der Waals surface area contributed by atoms with Crippen LogP contribution in [0.2, 0.25) is 0 Å². The Balaban J connectivity index is 0.00000341. The van der Waals surface area contributed by atoms with Crippen molar-refractivity contribution in [2.24, 2.45) is 5.73 Å². The van der Waals surface area contributed by atoms with E-state index < -0.39 is 35.4 Å². The summed E-state index contributed by atoms with van der Waals surface area (Å²) < 4.78 is 5.81.